The standard InChI is InChI=1S/C10H12N2O6S/c1-16-10(13)6-12-8-4-3-7(11-19(2,14)15)5-9(8)17-18-12/h3-5,11H,6H2,1-2H3. The Morgan fingerprint density at radius 2 is 2.21 bits per heavy atom. The van der Waals surface area contributed by atoms with E-state index in [1.165, 1.54) is 24.3 Å². The zero-order chi connectivity index (χ0) is 14.0. The summed E-state index contributed by atoms with van der Waals surface area (Å²) in [5.41, 5.74) is 0.842. The number of benzene rings is 1. The zero-order valence-corrected chi connectivity index (χ0v) is 11.1. The molecule has 0 unspecified atom stereocenters. The van der Waals surface area contributed by atoms with E-state index >= 15 is 0 Å². The van der Waals surface area contributed by atoms with Crippen molar-refractivity contribution in [2.75, 3.05) is 29.7 Å². The van der Waals surface area contributed by atoms with E-state index in [-0.39, 0.29) is 6.54 Å². The lowest BCUT2D eigenvalue weighted by Gasteiger charge is -2.11. The predicted octanol–water partition coefficient (Wildman–Crippen LogP) is 0.276. The molecule has 9 heteroatoms. The smallest absolute Gasteiger partial charge is 0.328 e. The number of nitrogens with zero attached hydrogens (tertiary/aromatic N) is 1. The van der Waals surface area contributed by atoms with Gasteiger partial charge in [-0.05, 0) is 12.1 Å². The molecule has 0 saturated carbocycles. The number of esters is 1. The van der Waals surface area contributed by atoms with Crippen LogP contribution in [0, 0.1) is 0 Å². The molecule has 1 aliphatic heterocycles. The third kappa shape index (κ3) is 3.26. The van der Waals surface area contributed by atoms with Crippen molar-refractivity contribution in [1.29, 1.82) is 0 Å². The second kappa shape index (κ2) is 4.94. The molecule has 0 amide bonds. The molecular formula is C10H12N2O6S. The van der Waals surface area contributed by atoms with Gasteiger partial charge in [0, 0.05) is 6.07 Å². The highest BCUT2D eigenvalue weighted by Gasteiger charge is 2.26. The maximum absolute atomic E-state index is 11.1. The molecule has 1 aliphatic rings. The molecule has 0 aromatic heterocycles. The number of carbonyl (C=O) groups excluding carboxylic acids is 1. The van der Waals surface area contributed by atoms with Crippen molar-refractivity contribution in [2.24, 2.45) is 0 Å². The van der Waals surface area contributed by atoms with Crippen LogP contribution in [0.2, 0.25) is 0 Å². The van der Waals surface area contributed by atoms with Crippen LogP contribution < -0.4 is 14.7 Å². The van der Waals surface area contributed by atoms with Crippen LogP contribution >= 0.6 is 0 Å². The van der Waals surface area contributed by atoms with Gasteiger partial charge in [0.15, 0.2) is 5.75 Å². The largest absolute Gasteiger partial charge is 0.468 e. The molecule has 2 rings (SSSR count). The summed E-state index contributed by atoms with van der Waals surface area (Å²) in [7, 11) is -2.10. The summed E-state index contributed by atoms with van der Waals surface area (Å²) >= 11 is 0. The molecule has 1 aromatic rings. The normalized spacial score (nSPS) is 13.7. The van der Waals surface area contributed by atoms with E-state index in [1.54, 1.807) is 6.07 Å². The van der Waals surface area contributed by atoms with E-state index in [9.17, 15) is 13.2 Å². The molecule has 1 N–H and O–H groups in total. The lowest BCUT2D eigenvalue weighted by molar-refractivity contribution is -0.201. The first-order chi connectivity index (χ1) is 8.89. The molecule has 0 radical (unpaired) electrons. The van der Waals surface area contributed by atoms with Crippen LogP contribution in [0.15, 0.2) is 18.2 Å². The Bertz CT molecular complexity index is 600. The fourth-order valence-electron chi connectivity index (χ4n) is 1.48. The van der Waals surface area contributed by atoms with Crippen molar-refractivity contribution in [3.63, 3.8) is 0 Å². The lowest BCUT2D eigenvalue weighted by atomic mass is 10.2. The molecule has 0 fully saturated rings. The highest BCUT2D eigenvalue weighted by Crippen LogP contribution is 2.36. The van der Waals surface area contributed by atoms with Gasteiger partial charge in [0.2, 0.25) is 10.0 Å². The van der Waals surface area contributed by atoms with E-state index in [0.717, 1.165) is 6.26 Å². The number of ether oxygens (including phenoxy) is 1. The summed E-state index contributed by atoms with van der Waals surface area (Å²) in [6, 6.07) is 4.55. The minimum absolute atomic E-state index is 0.137. The van der Waals surface area contributed by atoms with Gasteiger partial charge in [0.05, 0.1) is 19.1 Å². The van der Waals surface area contributed by atoms with Crippen LogP contribution in [0.4, 0.5) is 11.4 Å². The second-order valence-electron chi connectivity index (χ2n) is 3.83. The summed E-state index contributed by atoms with van der Waals surface area (Å²) < 4.78 is 29.0. The van der Waals surface area contributed by atoms with E-state index < -0.39 is 16.0 Å². The number of hydrogen-bond acceptors (Lipinski definition) is 7. The highest BCUT2D eigenvalue weighted by atomic mass is 32.2. The van der Waals surface area contributed by atoms with Crippen molar-refractivity contribution in [1.82, 2.24) is 0 Å². The molecule has 19 heavy (non-hydrogen) atoms. The molecule has 8 nitrogen and oxygen atoms in total. The number of rotatable bonds is 4. The summed E-state index contributed by atoms with van der Waals surface area (Å²) in [6.45, 7) is -0.137. The van der Waals surface area contributed by atoms with Crippen molar-refractivity contribution in [2.45, 2.75) is 0 Å². The maximum Gasteiger partial charge on any atom is 0.328 e. The minimum Gasteiger partial charge on any atom is -0.468 e. The molecule has 0 bridgehead atoms. The number of carbonyl (C=O) groups is 1. The number of nitrogens with one attached hydrogen (secondary N) is 1. The predicted molar refractivity (Wildman–Crippen MR) is 66.0 cm³/mol. The fraction of sp³-hybridized carbons (Fsp3) is 0.300. The monoisotopic (exact) mass is 288 g/mol. The van der Waals surface area contributed by atoms with E-state index in [1.807, 2.05) is 0 Å². The Balaban J connectivity index is 2.18. The highest BCUT2D eigenvalue weighted by molar-refractivity contribution is 7.92. The van der Waals surface area contributed by atoms with E-state index in [2.05, 4.69) is 9.46 Å². The Morgan fingerprint density at radius 3 is 2.84 bits per heavy atom. The van der Waals surface area contributed by atoms with Crippen molar-refractivity contribution < 1.29 is 27.8 Å². The van der Waals surface area contributed by atoms with E-state index in [4.69, 9.17) is 9.88 Å². The van der Waals surface area contributed by atoms with Gasteiger partial charge in [-0.15, -0.1) is 0 Å². The van der Waals surface area contributed by atoms with Gasteiger partial charge in [-0.3, -0.25) is 9.52 Å². The van der Waals surface area contributed by atoms with Gasteiger partial charge in [-0.25, -0.2) is 8.42 Å². The SMILES string of the molecule is COC(=O)CN1OOc2cc(NS(C)(=O)=O)ccc21. The number of hydroxylamine groups is 1. The van der Waals surface area contributed by atoms with Crippen molar-refractivity contribution in [3.8, 4) is 5.75 Å². The fourth-order valence-corrected chi connectivity index (χ4v) is 2.04. The number of fused-ring (bicyclic) bond motifs is 1. The molecule has 104 valence electrons. The first kappa shape index (κ1) is 13.4. The van der Waals surface area contributed by atoms with Gasteiger partial charge in [-0.2, -0.15) is 5.06 Å². The molecule has 0 atom stereocenters. The Morgan fingerprint density at radius 1 is 1.47 bits per heavy atom. The van der Waals surface area contributed by atoms with Crippen LogP contribution in [0.25, 0.3) is 0 Å². The van der Waals surface area contributed by atoms with Gasteiger partial charge < -0.3 is 9.62 Å². The minimum atomic E-state index is -3.37. The molecule has 0 spiro atoms. The topological polar surface area (TPSA) is 94.2 Å². The average Bonchev–Trinajstić information content (AvgIpc) is 2.69. The second-order valence-corrected chi connectivity index (χ2v) is 5.58. The summed E-state index contributed by atoms with van der Waals surface area (Å²) in [6.07, 6.45) is 1.04. The number of hydrogen-bond donors (Lipinski definition) is 1. The van der Waals surface area contributed by atoms with Gasteiger partial charge in [-0.1, -0.05) is 4.99 Å². The Hall–Kier alpha value is -2.00. The third-order valence-electron chi connectivity index (χ3n) is 2.25. The zero-order valence-electron chi connectivity index (χ0n) is 10.2. The summed E-state index contributed by atoms with van der Waals surface area (Å²) in [5, 5.41) is 1.20. The van der Waals surface area contributed by atoms with Crippen LogP contribution in [-0.2, 0) is 24.5 Å². The maximum atomic E-state index is 11.1. The molecular weight excluding hydrogens is 276 g/mol. The van der Waals surface area contributed by atoms with E-state index in [0.29, 0.717) is 17.1 Å². The lowest BCUT2D eigenvalue weighted by Crippen LogP contribution is -2.27. The number of sulfonamides is 1. The van der Waals surface area contributed by atoms with Crippen LogP contribution in [-0.4, -0.2) is 34.3 Å². The van der Waals surface area contributed by atoms with Crippen molar-refractivity contribution >= 4 is 27.4 Å². The van der Waals surface area contributed by atoms with Gasteiger partial charge in [0.1, 0.15) is 12.2 Å². The number of anilines is 2. The molecule has 1 heterocycles. The van der Waals surface area contributed by atoms with Crippen LogP contribution in [0.5, 0.6) is 5.75 Å². The van der Waals surface area contributed by atoms with Gasteiger partial charge >= 0.3 is 5.97 Å². The molecule has 0 saturated heterocycles. The van der Waals surface area contributed by atoms with Crippen LogP contribution in [0.3, 0.4) is 0 Å². The average molecular weight is 288 g/mol. The molecule has 1 aromatic carbocycles. The van der Waals surface area contributed by atoms with Gasteiger partial charge in [0.25, 0.3) is 0 Å². The summed E-state index contributed by atoms with van der Waals surface area (Å²) in [4.78, 5) is 20.9. The first-order valence-electron chi connectivity index (χ1n) is 5.20. The van der Waals surface area contributed by atoms with Crippen LogP contribution in [0.1, 0.15) is 0 Å². The Kier molecular flexibility index (Phi) is 3.49. The third-order valence-corrected chi connectivity index (χ3v) is 2.86. The van der Waals surface area contributed by atoms with Crippen molar-refractivity contribution in [3.05, 3.63) is 18.2 Å². The Labute approximate surface area is 109 Å². The summed E-state index contributed by atoms with van der Waals surface area (Å²) in [5.74, 6) is -0.188. The molecule has 0 aliphatic carbocycles. The number of methoxy groups -OCH3 is 1. The quantitative estimate of drug-likeness (QED) is 0.628. The first-order valence-corrected chi connectivity index (χ1v) is 7.09.